The summed E-state index contributed by atoms with van der Waals surface area (Å²) in [6.07, 6.45) is 2.25. The fourth-order valence-electron chi connectivity index (χ4n) is 2.29. The molecule has 1 amide bonds. The van der Waals surface area contributed by atoms with Gasteiger partial charge in [-0.15, -0.1) is 0 Å². The molecule has 0 aliphatic rings. The first-order valence-electron chi connectivity index (χ1n) is 7.62. The van der Waals surface area contributed by atoms with Gasteiger partial charge in [-0.2, -0.15) is 0 Å². The molecule has 24 heavy (non-hydrogen) atoms. The van der Waals surface area contributed by atoms with Crippen molar-refractivity contribution in [1.82, 2.24) is 10.3 Å². The Kier molecular flexibility index (Phi) is 6.14. The van der Waals surface area contributed by atoms with Crippen LogP contribution in [0.25, 0.3) is 10.9 Å². The van der Waals surface area contributed by atoms with Crippen molar-refractivity contribution in [3.63, 3.8) is 0 Å². The SMILES string of the molecule is CC(=O)N[C@@H](Cc1ccccc1)C(=O)O.c1ccc2[nH]ccc2c1. The summed E-state index contributed by atoms with van der Waals surface area (Å²) in [5.41, 5.74) is 2.09. The maximum Gasteiger partial charge on any atom is 0.326 e. The summed E-state index contributed by atoms with van der Waals surface area (Å²) in [6.45, 7) is 1.31. The zero-order valence-corrected chi connectivity index (χ0v) is 13.4. The second-order valence-electron chi connectivity index (χ2n) is 5.35. The highest BCUT2D eigenvalue weighted by molar-refractivity contribution is 5.82. The van der Waals surface area contributed by atoms with E-state index in [0.29, 0.717) is 6.42 Å². The van der Waals surface area contributed by atoms with Crippen LogP contribution in [-0.2, 0) is 16.0 Å². The van der Waals surface area contributed by atoms with Gasteiger partial charge in [0.1, 0.15) is 6.04 Å². The number of carbonyl (C=O) groups excluding carboxylic acids is 1. The Morgan fingerprint density at radius 2 is 1.71 bits per heavy atom. The summed E-state index contributed by atoms with van der Waals surface area (Å²) in [7, 11) is 0. The summed E-state index contributed by atoms with van der Waals surface area (Å²) in [4.78, 5) is 24.7. The number of carboxylic acid groups (broad SMARTS) is 1. The minimum atomic E-state index is -1.02. The molecule has 1 aromatic heterocycles. The van der Waals surface area contributed by atoms with Crippen LogP contribution in [0.15, 0.2) is 66.9 Å². The summed E-state index contributed by atoms with van der Waals surface area (Å²) in [5.74, 6) is -1.35. The highest BCUT2D eigenvalue weighted by atomic mass is 16.4. The Morgan fingerprint density at radius 3 is 2.33 bits per heavy atom. The molecular weight excluding hydrogens is 304 g/mol. The maximum absolute atomic E-state index is 10.8. The highest BCUT2D eigenvalue weighted by Crippen LogP contribution is 2.09. The van der Waals surface area contributed by atoms with E-state index in [1.807, 2.05) is 48.7 Å². The third kappa shape index (κ3) is 5.28. The second kappa shape index (κ2) is 8.53. The van der Waals surface area contributed by atoms with E-state index in [0.717, 1.165) is 5.56 Å². The number of amides is 1. The largest absolute Gasteiger partial charge is 0.480 e. The van der Waals surface area contributed by atoms with Crippen molar-refractivity contribution in [2.45, 2.75) is 19.4 Å². The molecular formula is C19H20N2O3. The van der Waals surface area contributed by atoms with Crippen molar-refractivity contribution < 1.29 is 14.7 Å². The number of carboxylic acids is 1. The number of rotatable bonds is 4. The van der Waals surface area contributed by atoms with Crippen LogP contribution in [0, 0.1) is 0 Å². The van der Waals surface area contributed by atoms with Gasteiger partial charge < -0.3 is 15.4 Å². The Labute approximate surface area is 140 Å². The van der Waals surface area contributed by atoms with Gasteiger partial charge in [-0.25, -0.2) is 4.79 Å². The molecule has 3 N–H and O–H groups in total. The number of aromatic amines is 1. The molecule has 0 saturated carbocycles. The summed E-state index contributed by atoms with van der Waals surface area (Å²) in [5, 5.41) is 12.5. The van der Waals surface area contributed by atoms with E-state index < -0.39 is 12.0 Å². The first-order chi connectivity index (χ1) is 11.6. The number of para-hydroxylation sites is 1. The molecule has 5 heteroatoms. The number of hydrogen-bond donors (Lipinski definition) is 3. The number of aromatic nitrogens is 1. The van der Waals surface area contributed by atoms with Gasteiger partial charge in [0, 0.05) is 25.1 Å². The molecule has 2 aromatic carbocycles. The molecule has 124 valence electrons. The molecule has 0 radical (unpaired) electrons. The Morgan fingerprint density at radius 1 is 1.04 bits per heavy atom. The third-order valence-corrected chi connectivity index (χ3v) is 3.42. The van der Waals surface area contributed by atoms with Crippen LogP contribution in [0.5, 0.6) is 0 Å². The van der Waals surface area contributed by atoms with Gasteiger partial charge in [-0.05, 0) is 23.1 Å². The van der Waals surface area contributed by atoms with Crippen LogP contribution in [0.1, 0.15) is 12.5 Å². The minimum absolute atomic E-state index is 0.301. The topological polar surface area (TPSA) is 82.2 Å². The number of nitrogens with one attached hydrogen (secondary N) is 2. The Balaban J connectivity index is 0.000000194. The molecule has 0 bridgehead atoms. The lowest BCUT2D eigenvalue weighted by Crippen LogP contribution is -2.41. The van der Waals surface area contributed by atoms with Crippen LogP contribution >= 0.6 is 0 Å². The highest BCUT2D eigenvalue weighted by Gasteiger charge is 2.18. The zero-order chi connectivity index (χ0) is 17.4. The number of aliphatic carboxylic acids is 1. The Bertz CT molecular complexity index is 766. The van der Waals surface area contributed by atoms with Gasteiger partial charge in [0.2, 0.25) is 5.91 Å². The minimum Gasteiger partial charge on any atom is -0.480 e. The van der Waals surface area contributed by atoms with Gasteiger partial charge >= 0.3 is 5.97 Å². The van der Waals surface area contributed by atoms with E-state index in [1.54, 1.807) is 0 Å². The van der Waals surface area contributed by atoms with Crippen molar-refractivity contribution in [2.24, 2.45) is 0 Å². The van der Waals surface area contributed by atoms with E-state index in [4.69, 9.17) is 5.11 Å². The van der Waals surface area contributed by atoms with Crippen molar-refractivity contribution in [3.05, 3.63) is 72.4 Å². The fraction of sp³-hybridized carbons (Fsp3) is 0.158. The fourth-order valence-corrected chi connectivity index (χ4v) is 2.29. The van der Waals surface area contributed by atoms with Crippen LogP contribution in [0.2, 0.25) is 0 Å². The summed E-state index contributed by atoms with van der Waals surface area (Å²) >= 11 is 0. The molecule has 3 aromatic rings. The molecule has 0 unspecified atom stereocenters. The average molecular weight is 324 g/mol. The van der Waals surface area contributed by atoms with Crippen LogP contribution in [0.4, 0.5) is 0 Å². The summed E-state index contributed by atoms with van der Waals surface area (Å²) < 4.78 is 0. The number of fused-ring (bicyclic) bond motifs is 1. The van der Waals surface area contributed by atoms with Crippen LogP contribution in [0.3, 0.4) is 0 Å². The van der Waals surface area contributed by atoms with Gasteiger partial charge in [-0.3, -0.25) is 4.79 Å². The molecule has 0 saturated heterocycles. The van der Waals surface area contributed by atoms with Gasteiger partial charge in [0.15, 0.2) is 0 Å². The quantitative estimate of drug-likeness (QED) is 0.690. The standard InChI is InChI=1S/C11H13NO3.C8H7N/c1-8(13)12-10(11(14)15)7-9-5-3-2-4-6-9;1-2-4-8-7(3-1)5-6-9-8/h2-6,10H,7H2,1H3,(H,12,13)(H,14,15);1-6,9H/t10-;/m0./s1. The first kappa shape index (κ1) is 17.3. The number of carbonyl (C=O) groups is 2. The van der Waals surface area contributed by atoms with Gasteiger partial charge in [0.05, 0.1) is 0 Å². The van der Waals surface area contributed by atoms with Crippen molar-refractivity contribution in [2.75, 3.05) is 0 Å². The zero-order valence-electron chi connectivity index (χ0n) is 13.4. The lowest BCUT2D eigenvalue weighted by atomic mass is 10.1. The first-order valence-corrected chi connectivity index (χ1v) is 7.62. The smallest absolute Gasteiger partial charge is 0.326 e. The number of hydrogen-bond acceptors (Lipinski definition) is 2. The van der Waals surface area contributed by atoms with E-state index in [1.165, 1.54) is 17.8 Å². The van der Waals surface area contributed by atoms with E-state index in [-0.39, 0.29) is 5.91 Å². The van der Waals surface area contributed by atoms with Gasteiger partial charge in [-0.1, -0.05) is 48.5 Å². The molecule has 0 spiro atoms. The molecule has 1 atom stereocenters. The molecule has 5 nitrogen and oxygen atoms in total. The number of benzene rings is 2. The van der Waals surface area contributed by atoms with Crippen molar-refractivity contribution >= 4 is 22.8 Å². The molecule has 3 rings (SSSR count). The van der Waals surface area contributed by atoms with E-state index in [2.05, 4.69) is 28.5 Å². The van der Waals surface area contributed by atoms with E-state index in [9.17, 15) is 9.59 Å². The van der Waals surface area contributed by atoms with Gasteiger partial charge in [0.25, 0.3) is 0 Å². The maximum atomic E-state index is 10.8. The number of H-pyrrole nitrogens is 1. The lowest BCUT2D eigenvalue weighted by Gasteiger charge is -2.12. The van der Waals surface area contributed by atoms with E-state index >= 15 is 0 Å². The molecule has 1 heterocycles. The normalized spacial score (nSPS) is 11.2. The monoisotopic (exact) mass is 324 g/mol. The average Bonchev–Trinajstić information content (AvgIpc) is 3.04. The van der Waals surface area contributed by atoms with Crippen molar-refractivity contribution in [3.8, 4) is 0 Å². The second-order valence-corrected chi connectivity index (χ2v) is 5.35. The predicted octanol–water partition coefficient (Wildman–Crippen LogP) is 2.99. The third-order valence-electron chi connectivity index (χ3n) is 3.42. The summed E-state index contributed by atoms with van der Waals surface area (Å²) in [6, 6.07) is 18.6. The van der Waals surface area contributed by atoms with Crippen LogP contribution < -0.4 is 5.32 Å². The molecule has 0 aliphatic heterocycles. The predicted molar refractivity (Wildman–Crippen MR) is 93.7 cm³/mol. The molecule has 0 fully saturated rings. The van der Waals surface area contributed by atoms with Crippen molar-refractivity contribution in [1.29, 1.82) is 0 Å². The molecule has 0 aliphatic carbocycles. The Hall–Kier alpha value is -3.08. The lowest BCUT2D eigenvalue weighted by molar-refractivity contribution is -0.141. The van der Waals surface area contributed by atoms with Crippen LogP contribution in [-0.4, -0.2) is 28.0 Å².